The molecule has 2 aromatic carbocycles. The van der Waals surface area contributed by atoms with E-state index in [1.54, 1.807) is 17.7 Å². The number of fused-ring (bicyclic) bond motifs is 1. The van der Waals surface area contributed by atoms with E-state index in [4.69, 9.17) is 5.73 Å². The molecule has 126 valence electrons. The van der Waals surface area contributed by atoms with Gasteiger partial charge in [0.2, 0.25) is 0 Å². The van der Waals surface area contributed by atoms with Crippen molar-refractivity contribution >= 4 is 16.7 Å². The molecule has 1 heterocycles. The van der Waals surface area contributed by atoms with Crippen molar-refractivity contribution in [3.63, 3.8) is 0 Å². The number of nitrogens with two attached hydrogens (primary N) is 1. The van der Waals surface area contributed by atoms with E-state index in [0.29, 0.717) is 12.2 Å². The number of rotatable bonds is 2. The number of anilines is 1. The maximum Gasteiger partial charge on any atom is 0.328 e. The van der Waals surface area contributed by atoms with Crippen LogP contribution in [0.2, 0.25) is 0 Å². The van der Waals surface area contributed by atoms with Crippen LogP contribution in [-0.2, 0) is 13.6 Å². The summed E-state index contributed by atoms with van der Waals surface area (Å²) in [6.07, 6.45) is 0. The van der Waals surface area contributed by atoms with Crippen LogP contribution in [0.15, 0.2) is 41.2 Å². The summed E-state index contributed by atoms with van der Waals surface area (Å²) in [7, 11) is 1.78. The summed E-state index contributed by atoms with van der Waals surface area (Å²) in [6.45, 7) is 6.99. The maximum absolute atomic E-state index is 12.6. The second-order valence-corrected chi connectivity index (χ2v) is 7.51. The molecule has 5 heteroatoms. The smallest absolute Gasteiger partial charge is 0.328 e. The van der Waals surface area contributed by atoms with Gasteiger partial charge in [-0.3, -0.25) is 9.13 Å². The first-order valence-electron chi connectivity index (χ1n) is 7.95. The van der Waals surface area contributed by atoms with Gasteiger partial charge in [-0.1, -0.05) is 26.8 Å². The summed E-state index contributed by atoms with van der Waals surface area (Å²) in [4.78, 5) is 12.6. The molecular weight excluding hydrogens is 302 g/mol. The molecule has 0 fully saturated rings. The minimum atomic E-state index is -0.0208. The second kappa shape index (κ2) is 5.44. The number of nitrogen functional groups attached to an aromatic ring is 1. The van der Waals surface area contributed by atoms with Gasteiger partial charge in [0, 0.05) is 25.3 Å². The Hall–Kier alpha value is -2.69. The fraction of sp³-hybridized carbons (Fsp3) is 0.316. The molecule has 0 saturated carbocycles. The van der Waals surface area contributed by atoms with Crippen molar-refractivity contribution in [2.24, 2.45) is 12.5 Å². The van der Waals surface area contributed by atoms with Gasteiger partial charge in [-0.05, 0) is 40.8 Å². The number of aromatic hydroxyl groups is 1. The summed E-state index contributed by atoms with van der Waals surface area (Å²) in [5.74, 6) is 0.129. The van der Waals surface area contributed by atoms with Gasteiger partial charge in [-0.25, -0.2) is 4.79 Å². The van der Waals surface area contributed by atoms with Gasteiger partial charge in [-0.2, -0.15) is 0 Å². The highest BCUT2D eigenvalue weighted by molar-refractivity contribution is 5.83. The van der Waals surface area contributed by atoms with E-state index in [2.05, 4.69) is 20.8 Å². The number of hydrogen-bond donors (Lipinski definition) is 2. The lowest BCUT2D eigenvalue weighted by Gasteiger charge is -2.18. The molecule has 5 nitrogen and oxygen atoms in total. The normalized spacial score (nSPS) is 12.0. The first-order chi connectivity index (χ1) is 11.2. The Kier molecular flexibility index (Phi) is 3.67. The van der Waals surface area contributed by atoms with Crippen molar-refractivity contribution in [1.29, 1.82) is 0 Å². The number of nitrogens with zero attached hydrogens (tertiary/aromatic N) is 2. The van der Waals surface area contributed by atoms with Crippen molar-refractivity contribution in [3.8, 4) is 16.9 Å². The third-order valence-electron chi connectivity index (χ3n) is 4.05. The Bertz CT molecular complexity index is 954. The predicted octanol–water partition coefficient (Wildman–Crippen LogP) is 3.34. The first kappa shape index (κ1) is 16.2. The lowest BCUT2D eigenvalue weighted by Crippen LogP contribution is -2.27. The van der Waals surface area contributed by atoms with Gasteiger partial charge in [0.1, 0.15) is 5.75 Å². The monoisotopic (exact) mass is 325 g/mol. The standard InChI is InChI=1S/C19H23N3O2/c1-19(2,3)11-22-16-6-5-12(9-17(16)21(4)18(22)24)13-7-14(20)10-15(23)8-13/h5-10,23H,11,20H2,1-4H3. The molecule has 3 rings (SSSR count). The number of phenols is 1. The molecule has 0 aliphatic carbocycles. The molecular formula is C19H23N3O2. The fourth-order valence-electron chi connectivity index (χ4n) is 3.02. The van der Waals surface area contributed by atoms with Gasteiger partial charge in [0.05, 0.1) is 11.0 Å². The summed E-state index contributed by atoms with van der Waals surface area (Å²) in [5.41, 5.74) is 9.82. The molecule has 0 bridgehead atoms. The SMILES string of the molecule is Cn1c(=O)n(CC(C)(C)C)c2ccc(-c3cc(N)cc(O)c3)cc21. The lowest BCUT2D eigenvalue weighted by atomic mass is 9.97. The number of aryl methyl sites for hydroxylation is 1. The van der Waals surface area contributed by atoms with Crippen LogP contribution >= 0.6 is 0 Å². The Morgan fingerprint density at radius 2 is 1.75 bits per heavy atom. The first-order valence-corrected chi connectivity index (χ1v) is 7.95. The van der Waals surface area contributed by atoms with E-state index < -0.39 is 0 Å². The predicted molar refractivity (Wildman–Crippen MR) is 98.1 cm³/mol. The van der Waals surface area contributed by atoms with Crippen LogP contribution < -0.4 is 11.4 Å². The summed E-state index contributed by atoms with van der Waals surface area (Å²) in [5, 5.41) is 9.76. The minimum absolute atomic E-state index is 0.0104. The Balaban J connectivity index is 2.19. The molecule has 24 heavy (non-hydrogen) atoms. The molecule has 0 atom stereocenters. The zero-order valence-corrected chi connectivity index (χ0v) is 14.5. The molecule has 0 amide bonds. The van der Waals surface area contributed by atoms with Crippen LogP contribution in [-0.4, -0.2) is 14.2 Å². The molecule has 0 aliphatic heterocycles. The highest BCUT2D eigenvalue weighted by Gasteiger charge is 2.18. The summed E-state index contributed by atoms with van der Waals surface area (Å²) >= 11 is 0. The summed E-state index contributed by atoms with van der Waals surface area (Å²) < 4.78 is 3.48. The van der Waals surface area contributed by atoms with Gasteiger partial charge >= 0.3 is 5.69 Å². The van der Waals surface area contributed by atoms with Crippen LogP contribution in [0.4, 0.5) is 5.69 Å². The maximum atomic E-state index is 12.6. The fourth-order valence-corrected chi connectivity index (χ4v) is 3.02. The summed E-state index contributed by atoms with van der Waals surface area (Å²) in [6, 6.07) is 10.9. The van der Waals surface area contributed by atoms with E-state index in [1.807, 2.05) is 28.8 Å². The minimum Gasteiger partial charge on any atom is -0.508 e. The molecule has 3 N–H and O–H groups in total. The van der Waals surface area contributed by atoms with E-state index in [-0.39, 0.29) is 16.9 Å². The average molecular weight is 325 g/mol. The largest absolute Gasteiger partial charge is 0.508 e. The van der Waals surface area contributed by atoms with Gasteiger partial charge in [0.25, 0.3) is 0 Å². The zero-order chi connectivity index (χ0) is 17.6. The van der Waals surface area contributed by atoms with Crippen LogP contribution in [0.3, 0.4) is 0 Å². The van der Waals surface area contributed by atoms with Crippen molar-refractivity contribution in [1.82, 2.24) is 9.13 Å². The molecule has 0 aliphatic rings. The zero-order valence-electron chi connectivity index (χ0n) is 14.5. The highest BCUT2D eigenvalue weighted by Crippen LogP contribution is 2.29. The van der Waals surface area contributed by atoms with Crippen LogP contribution in [0.5, 0.6) is 5.75 Å². The quantitative estimate of drug-likeness (QED) is 0.710. The second-order valence-electron chi connectivity index (χ2n) is 7.51. The van der Waals surface area contributed by atoms with E-state index in [1.165, 1.54) is 6.07 Å². The number of benzene rings is 2. The van der Waals surface area contributed by atoms with Crippen molar-refractivity contribution in [2.45, 2.75) is 27.3 Å². The Morgan fingerprint density at radius 1 is 1.04 bits per heavy atom. The van der Waals surface area contributed by atoms with E-state index in [9.17, 15) is 9.90 Å². The van der Waals surface area contributed by atoms with Crippen molar-refractivity contribution in [2.75, 3.05) is 5.73 Å². The third kappa shape index (κ3) is 2.89. The molecule has 3 aromatic rings. The average Bonchev–Trinajstić information content (AvgIpc) is 2.69. The third-order valence-corrected chi connectivity index (χ3v) is 4.05. The van der Waals surface area contributed by atoms with Crippen LogP contribution in [0.25, 0.3) is 22.2 Å². The van der Waals surface area contributed by atoms with Crippen molar-refractivity contribution in [3.05, 3.63) is 46.9 Å². The molecule has 1 aromatic heterocycles. The Labute approximate surface area is 141 Å². The van der Waals surface area contributed by atoms with Gasteiger partial charge in [-0.15, -0.1) is 0 Å². The molecule has 0 unspecified atom stereocenters. The highest BCUT2D eigenvalue weighted by atomic mass is 16.3. The number of aromatic nitrogens is 2. The van der Waals surface area contributed by atoms with Crippen molar-refractivity contribution < 1.29 is 5.11 Å². The molecule has 0 radical (unpaired) electrons. The lowest BCUT2D eigenvalue weighted by molar-refractivity contribution is 0.342. The van der Waals surface area contributed by atoms with Gasteiger partial charge in [0.15, 0.2) is 0 Å². The number of phenolic OH excluding ortho intramolecular Hbond substituents is 1. The van der Waals surface area contributed by atoms with Crippen LogP contribution in [0, 0.1) is 5.41 Å². The number of hydrogen-bond acceptors (Lipinski definition) is 3. The topological polar surface area (TPSA) is 73.2 Å². The van der Waals surface area contributed by atoms with Gasteiger partial charge < -0.3 is 10.8 Å². The number of imidazole rings is 1. The van der Waals surface area contributed by atoms with E-state index in [0.717, 1.165) is 22.2 Å². The van der Waals surface area contributed by atoms with E-state index >= 15 is 0 Å². The molecule has 0 saturated heterocycles. The Morgan fingerprint density at radius 3 is 2.38 bits per heavy atom. The van der Waals surface area contributed by atoms with Crippen LogP contribution in [0.1, 0.15) is 20.8 Å². The molecule has 0 spiro atoms.